The van der Waals surface area contributed by atoms with E-state index >= 15 is 0 Å². The summed E-state index contributed by atoms with van der Waals surface area (Å²) in [7, 11) is 0. The molecule has 71 heavy (non-hydrogen) atoms. The van der Waals surface area contributed by atoms with Gasteiger partial charge in [-0.25, -0.2) is 0 Å². The first-order valence-electron chi connectivity index (χ1n) is 31.5. The van der Waals surface area contributed by atoms with Crippen molar-refractivity contribution in [3.63, 3.8) is 0 Å². The van der Waals surface area contributed by atoms with E-state index in [0.29, 0.717) is 19.3 Å². The Kier molecular flexibility index (Phi) is 58.2. The topological polar surface area (TPSA) is 78.9 Å². The zero-order chi connectivity index (χ0) is 51.4. The van der Waals surface area contributed by atoms with Gasteiger partial charge in [-0.3, -0.25) is 14.4 Å². The molecule has 0 fully saturated rings. The smallest absolute Gasteiger partial charge is 0.306 e. The van der Waals surface area contributed by atoms with Gasteiger partial charge in [0.25, 0.3) is 0 Å². The van der Waals surface area contributed by atoms with Crippen molar-refractivity contribution < 1.29 is 28.6 Å². The van der Waals surface area contributed by atoms with Crippen molar-refractivity contribution in [1.82, 2.24) is 0 Å². The fourth-order valence-electron chi connectivity index (χ4n) is 9.35. The molecule has 0 aromatic rings. The molecule has 1 atom stereocenters. The number of esters is 3. The van der Waals surface area contributed by atoms with Crippen LogP contribution in [-0.4, -0.2) is 37.2 Å². The predicted molar refractivity (Wildman–Crippen MR) is 307 cm³/mol. The van der Waals surface area contributed by atoms with Gasteiger partial charge in [0.2, 0.25) is 0 Å². The Morgan fingerprint density at radius 1 is 0.282 bits per heavy atom. The quantitative estimate of drug-likeness (QED) is 0.0261. The lowest BCUT2D eigenvalue weighted by molar-refractivity contribution is -0.167. The van der Waals surface area contributed by atoms with Gasteiger partial charge in [0.05, 0.1) is 0 Å². The van der Waals surface area contributed by atoms with Crippen LogP contribution in [0.2, 0.25) is 0 Å². The van der Waals surface area contributed by atoms with Gasteiger partial charge in [-0.2, -0.15) is 0 Å². The molecule has 6 nitrogen and oxygen atoms in total. The van der Waals surface area contributed by atoms with Crippen molar-refractivity contribution in [2.75, 3.05) is 13.2 Å². The molecule has 0 saturated carbocycles. The summed E-state index contributed by atoms with van der Waals surface area (Å²) in [6.45, 7) is 6.67. The molecule has 0 radical (unpaired) electrons. The van der Waals surface area contributed by atoms with Gasteiger partial charge in [-0.1, -0.05) is 282 Å². The zero-order valence-corrected chi connectivity index (χ0v) is 47.8. The molecule has 1 unspecified atom stereocenters. The Morgan fingerprint density at radius 3 is 0.803 bits per heavy atom. The van der Waals surface area contributed by atoms with E-state index in [-0.39, 0.29) is 31.1 Å². The SMILES string of the molecule is CCCCCC/C=C\C/C=C\CCCCCCCCCC(=O)OCC(COC(=O)CCCCCCCCCCCCCCCCCCC)OC(=O)CCCCCCCCC/C=C\CCCCCCCCC. The maximum absolute atomic E-state index is 12.9. The molecule has 0 aliphatic heterocycles. The number of rotatable bonds is 58. The molecule has 0 bridgehead atoms. The maximum atomic E-state index is 12.9. The summed E-state index contributed by atoms with van der Waals surface area (Å²) in [6, 6.07) is 0. The number of unbranched alkanes of at least 4 members (excludes halogenated alkanes) is 41. The van der Waals surface area contributed by atoms with Crippen LogP contribution in [0.3, 0.4) is 0 Å². The van der Waals surface area contributed by atoms with Gasteiger partial charge < -0.3 is 14.2 Å². The van der Waals surface area contributed by atoms with Crippen LogP contribution in [0.4, 0.5) is 0 Å². The number of ether oxygens (including phenoxy) is 3. The van der Waals surface area contributed by atoms with E-state index in [1.54, 1.807) is 0 Å². The molecule has 0 saturated heterocycles. The zero-order valence-electron chi connectivity index (χ0n) is 47.8. The Labute approximate surface area is 442 Å². The van der Waals surface area contributed by atoms with E-state index in [1.165, 1.54) is 231 Å². The van der Waals surface area contributed by atoms with Crippen LogP contribution in [-0.2, 0) is 28.6 Å². The van der Waals surface area contributed by atoms with Gasteiger partial charge in [0.15, 0.2) is 6.10 Å². The summed E-state index contributed by atoms with van der Waals surface area (Å²) < 4.78 is 16.9. The fraction of sp³-hybridized carbons (Fsp3) is 0.862. The first kappa shape index (κ1) is 68.6. The van der Waals surface area contributed by atoms with Gasteiger partial charge >= 0.3 is 17.9 Å². The fourth-order valence-corrected chi connectivity index (χ4v) is 9.35. The number of carbonyl (C=O) groups is 3. The summed E-state index contributed by atoms with van der Waals surface area (Å²) in [5, 5.41) is 0. The minimum atomic E-state index is -0.776. The third-order valence-electron chi connectivity index (χ3n) is 14.1. The van der Waals surface area contributed by atoms with Crippen LogP contribution in [0.5, 0.6) is 0 Å². The second-order valence-corrected chi connectivity index (χ2v) is 21.3. The Morgan fingerprint density at radius 2 is 0.507 bits per heavy atom. The number of hydrogen-bond acceptors (Lipinski definition) is 6. The predicted octanol–water partition coefficient (Wildman–Crippen LogP) is 21.2. The van der Waals surface area contributed by atoms with Crippen molar-refractivity contribution in [3.05, 3.63) is 36.5 Å². The molecule has 0 spiro atoms. The van der Waals surface area contributed by atoms with Crippen LogP contribution < -0.4 is 0 Å². The van der Waals surface area contributed by atoms with Gasteiger partial charge in [-0.15, -0.1) is 0 Å². The molecule has 0 aromatic carbocycles. The average molecular weight is 998 g/mol. The van der Waals surface area contributed by atoms with Crippen molar-refractivity contribution in [1.29, 1.82) is 0 Å². The second kappa shape index (κ2) is 60.2. The van der Waals surface area contributed by atoms with Crippen molar-refractivity contribution in [2.24, 2.45) is 0 Å². The third kappa shape index (κ3) is 58.4. The highest BCUT2D eigenvalue weighted by atomic mass is 16.6. The third-order valence-corrected chi connectivity index (χ3v) is 14.1. The number of carbonyl (C=O) groups excluding carboxylic acids is 3. The molecule has 0 aromatic heterocycles. The molecule has 0 amide bonds. The lowest BCUT2D eigenvalue weighted by Gasteiger charge is -2.18. The highest BCUT2D eigenvalue weighted by Crippen LogP contribution is 2.17. The van der Waals surface area contributed by atoms with Crippen LogP contribution in [0.1, 0.15) is 342 Å². The first-order valence-corrected chi connectivity index (χ1v) is 31.5. The molecular weight excluding hydrogens is 877 g/mol. The first-order chi connectivity index (χ1) is 35.0. The highest BCUT2D eigenvalue weighted by molar-refractivity contribution is 5.71. The largest absolute Gasteiger partial charge is 0.462 e. The van der Waals surface area contributed by atoms with E-state index in [0.717, 1.165) is 70.6 Å². The second-order valence-electron chi connectivity index (χ2n) is 21.3. The summed E-state index contributed by atoms with van der Waals surface area (Å²) in [4.78, 5) is 38.3. The molecule has 6 heteroatoms. The van der Waals surface area contributed by atoms with Crippen molar-refractivity contribution >= 4 is 17.9 Å². The monoisotopic (exact) mass is 997 g/mol. The number of allylic oxidation sites excluding steroid dienone is 6. The Bertz CT molecular complexity index is 1190. The van der Waals surface area contributed by atoms with E-state index < -0.39 is 6.10 Å². The van der Waals surface area contributed by atoms with Crippen LogP contribution in [0.15, 0.2) is 36.5 Å². The summed E-state index contributed by atoms with van der Waals surface area (Å²) in [6.07, 6.45) is 72.8. The Hall–Kier alpha value is -2.37. The van der Waals surface area contributed by atoms with Gasteiger partial charge in [0, 0.05) is 19.3 Å². The lowest BCUT2D eigenvalue weighted by Crippen LogP contribution is -2.30. The summed E-state index contributed by atoms with van der Waals surface area (Å²) in [5.74, 6) is -0.862. The molecule has 0 N–H and O–H groups in total. The van der Waals surface area contributed by atoms with Crippen LogP contribution >= 0.6 is 0 Å². The molecule has 0 aliphatic carbocycles. The molecule has 0 rings (SSSR count). The van der Waals surface area contributed by atoms with Crippen molar-refractivity contribution in [3.8, 4) is 0 Å². The minimum Gasteiger partial charge on any atom is -0.462 e. The van der Waals surface area contributed by atoms with Gasteiger partial charge in [-0.05, 0) is 77.0 Å². The maximum Gasteiger partial charge on any atom is 0.306 e. The van der Waals surface area contributed by atoms with Gasteiger partial charge in [0.1, 0.15) is 13.2 Å². The summed E-state index contributed by atoms with van der Waals surface area (Å²) in [5.41, 5.74) is 0. The molecule has 416 valence electrons. The van der Waals surface area contributed by atoms with E-state index in [1.807, 2.05) is 0 Å². The molecular formula is C65H120O6. The van der Waals surface area contributed by atoms with Crippen molar-refractivity contribution in [2.45, 2.75) is 348 Å². The normalized spacial score (nSPS) is 12.2. The lowest BCUT2D eigenvalue weighted by atomic mass is 10.0. The van der Waals surface area contributed by atoms with E-state index in [2.05, 4.69) is 57.2 Å². The van der Waals surface area contributed by atoms with E-state index in [4.69, 9.17) is 14.2 Å². The minimum absolute atomic E-state index is 0.0723. The van der Waals surface area contributed by atoms with Crippen LogP contribution in [0, 0.1) is 0 Å². The highest BCUT2D eigenvalue weighted by Gasteiger charge is 2.19. The standard InChI is InChI=1S/C65H120O6/c1-4-7-10-13-16-19-22-25-28-31-34-37-40-43-46-49-52-55-58-64(67)70-61-62(60-69-63(66)57-54-51-48-45-42-39-36-33-30-27-24-21-18-15-12-9-6-3)71-65(68)59-56-53-50-47-44-41-38-35-32-29-26-23-20-17-14-11-8-5-2/h19,22,28-29,31-32,62H,4-18,20-21,23-27,30,33-61H2,1-3H3/b22-19-,31-28-,32-29-. The average Bonchev–Trinajstić information content (AvgIpc) is 3.37. The number of hydrogen-bond donors (Lipinski definition) is 0. The summed E-state index contributed by atoms with van der Waals surface area (Å²) >= 11 is 0. The van der Waals surface area contributed by atoms with E-state index in [9.17, 15) is 14.4 Å². The van der Waals surface area contributed by atoms with Crippen LogP contribution in [0.25, 0.3) is 0 Å². The Balaban J connectivity index is 4.35. The molecule has 0 heterocycles. The molecule has 0 aliphatic rings.